The third kappa shape index (κ3) is 11.7. The van der Waals surface area contributed by atoms with E-state index in [9.17, 15) is 43.5 Å². The molecule has 5 heterocycles. The molecule has 18 nitrogen and oxygen atoms in total. The number of allylic oxidation sites excluding steroid dienone is 3. The molecule has 6 amide bonds. The molecule has 5 aliphatic heterocycles. The summed E-state index contributed by atoms with van der Waals surface area (Å²) in [6.45, 7) is 11.0. The molecule has 20 heteroatoms. The molecule has 1 saturated carbocycles. The van der Waals surface area contributed by atoms with Crippen LogP contribution < -0.4 is 10.2 Å². The van der Waals surface area contributed by atoms with Crippen LogP contribution in [0.15, 0.2) is 35.9 Å². The molecule has 2 N–H and O–H groups in total. The van der Waals surface area contributed by atoms with Crippen LogP contribution in [0.2, 0.25) is 5.02 Å². The number of nitrogens with one attached hydrogen (secondary N) is 1. The fraction of sp³-hybridized carbons (Fsp3) is 0.633. The van der Waals surface area contributed by atoms with Gasteiger partial charge in [-0.15, -0.1) is 16.8 Å². The van der Waals surface area contributed by atoms with Crippen molar-refractivity contribution in [2.24, 2.45) is 23.7 Å². The lowest BCUT2D eigenvalue weighted by atomic mass is 9.82. The van der Waals surface area contributed by atoms with Crippen molar-refractivity contribution in [1.29, 1.82) is 0 Å². The maximum atomic E-state index is 14.2. The number of epoxide rings is 1. The van der Waals surface area contributed by atoms with Crippen LogP contribution in [0.5, 0.6) is 0 Å². The molecular formula is C49H63ClN4O14S. The third-order valence-electron chi connectivity index (χ3n) is 14.5. The molecule has 0 spiro atoms. The van der Waals surface area contributed by atoms with Crippen LogP contribution in [0, 0.1) is 30.6 Å². The summed E-state index contributed by atoms with van der Waals surface area (Å²) in [4.78, 5) is 112. The number of alkyl carbamates (subject to hydrolysis) is 1. The Kier molecular flexibility index (Phi) is 16.0. The highest BCUT2D eigenvalue weighted by atomic mass is 35.5. The number of nitrogens with zero attached hydrogens (tertiary/aromatic N) is 3. The number of anilines is 1. The Labute approximate surface area is 411 Å². The van der Waals surface area contributed by atoms with Gasteiger partial charge < -0.3 is 33.8 Å². The highest BCUT2D eigenvalue weighted by molar-refractivity contribution is 8.00. The number of benzene rings is 1. The van der Waals surface area contributed by atoms with Gasteiger partial charge in [-0.05, 0) is 82.9 Å². The third-order valence-corrected chi connectivity index (χ3v) is 16.1. The zero-order valence-corrected chi connectivity index (χ0v) is 41.7. The molecule has 9 atom stereocenters. The lowest BCUT2D eigenvalue weighted by Crippen LogP contribution is -2.60. The summed E-state index contributed by atoms with van der Waals surface area (Å²) in [5.74, 6) is -4.72. The lowest BCUT2D eigenvalue weighted by molar-refractivity contribution is -0.201. The van der Waals surface area contributed by atoms with E-state index in [0.29, 0.717) is 47.9 Å². The van der Waals surface area contributed by atoms with Crippen LogP contribution in [0.1, 0.15) is 104 Å². The number of carbonyl (C=O) groups excluding carboxylic acids is 8. The van der Waals surface area contributed by atoms with E-state index in [0.717, 1.165) is 16.7 Å². The monoisotopic (exact) mass is 998 g/mol. The van der Waals surface area contributed by atoms with Gasteiger partial charge in [0.05, 0.1) is 41.0 Å². The molecule has 2 unspecified atom stereocenters. The highest BCUT2D eigenvalue weighted by Crippen LogP contribution is 2.49. The molecule has 4 bridgehead atoms. The van der Waals surface area contributed by atoms with Gasteiger partial charge in [0.2, 0.25) is 17.7 Å². The van der Waals surface area contributed by atoms with Crippen molar-refractivity contribution in [3.05, 3.63) is 52.1 Å². The minimum atomic E-state index is -1.64. The standard InChI is InChI=1S/C49H63ClN4O14S/c1-26-9-8-10-28(3)49(63)24-35(65-47(62)51-49)29(4)43-48(6,67-43)37(23-40(57)52(7)34-21-32(19-26)20-27(2)42(34)50)66-45(60)30(5)64-17-18-69-36-22-41(58)53(44(36)59)25-31-11-13-33(14-12-31)46(61)68-54-38(55)15-16-39(54)56/h8-10,20-21,28-31,33,35-37,43,63H,11-19,22-25H2,1-7H3,(H,51,62)/b10-8+,26-9+/t28-,29-,30+,31?,33?,35?,36?,37+,43+,48+,49+/m1/s1. The molecule has 4 saturated heterocycles. The van der Waals surface area contributed by atoms with E-state index in [2.05, 4.69) is 5.32 Å². The van der Waals surface area contributed by atoms with Gasteiger partial charge in [-0.3, -0.25) is 34.2 Å². The van der Waals surface area contributed by atoms with Crippen molar-refractivity contribution in [3.8, 4) is 0 Å². The van der Waals surface area contributed by atoms with Gasteiger partial charge in [0, 0.05) is 56.9 Å². The van der Waals surface area contributed by atoms with Gasteiger partial charge in [-0.2, -0.15) is 0 Å². The van der Waals surface area contributed by atoms with E-state index >= 15 is 0 Å². The molecule has 0 aromatic heterocycles. The van der Waals surface area contributed by atoms with Gasteiger partial charge in [0.1, 0.15) is 23.5 Å². The summed E-state index contributed by atoms with van der Waals surface area (Å²) >= 11 is 8.06. The van der Waals surface area contributed by atoms with Crippen molar-refractivity contribution < 1.29 is 67.2 Å². The SMILES string of the molecule is C/C1=C\C=C\[C@@H](C)[C@@]2(O)CC(OC(=O)N2)[C@@H](C)[C@@H]2O[C@@]2(C)[C@@H](OC(=O)[C@H](C)OCCSC2CC(=O)N(CC3CCC(C(=O)ON4C(=O)CCC4=O)CC3)C2=O)CC(=O)N(C)c2cc(cc(C)c2Cl)C1. The number of hydrogen-bond donors (Lipinski definition) is 2. The van der Waals surface area contributed by atoms with Crippen LogP contribution in [0.3, 0.4) is 0 Å². The van der Waals surface area contributed by atoms with Crippen LogP contribution >= 0.6 is 23.4 Å². The molecule has 1 aromatic rings. The van der Waals surface area contributed by atoms with Crippen LogP contribution in [0.25, 0.3) is 0 Å². The van der Waals surface area contributed by atoms with E-state index in [4.69, 9.17) is 35.4 Å². The van der Waals surface area contributed by atoms with Crippen molar-refractivity contribution >= 4 is 76.6 Å². The fourth-order valence-corrected chi connectivity index (χ4v) is 11.1. The number of aliphatic hydroxyl groups is 1. The highest BCUT2D eigenvalue weighted by Gasteiger charge is 2.64. The van der Waals surface area contributed by atoms with E-state index in [1.54, 1.807) is 20.9 Å². The summed E-state index contributed by atoms with van der Waals surface area (Å²) in [5, 5.41) is 14.6. The molecular weight excluding hydrogens is 936 g/mol. The van der Waals surface area contributed by atoms with E-state index in [1.807, 2.05) is 51.1 Å². The quantitative estimate of drug-likeness (QED) is 0.125. The Morgan fingerprint density at radius 1 is 1.00 bits per heavy atom. The topological polar surface area (TPSA) is 228 Å². The molecule has 1 aliphatic carbocycles. The number of likely N-dealkylation sites (tertiary alicyclic amines) is 1. The van der Waals surface area contributed by atoms with Gasteiger partial charge in [0.25, 0.3) is 11.8 Å². The molecule has 376 valence electrons. The molecule has 7 rings (SSSR count). The maximum Gasteiger partial charge on any atom is 0.409 e. The first-order valence-corrected chi connectivity index (χ1v) is 25.1. The molecule has 1 aromatic carbocycles. The lowest BCUT2D eigenvalue weighted by Gasteiger charge is -2.41. The zero-order chi connectivity index (χ0) is 50.1. The van der Waals surface area contributed by atoms with Gasteiger partial charge in [-0.1, -0.05) is 55.3 Å². The van der Waals surface area contributed by atoms with Crippen LogP contribution in [-0.2, 0) is 63.8 Å². The largest absolute Gasteiger partial charge is 0.457 e. The number of fused-ring (bicyclic) bond motifs is 5. The molecule has 69 heavy (non-hydrogen) atoms. The summed E-state index contributed by atoms with van der Waals surface area (Å²) in [6, 6.07) is 3.81. The normalized spacial score (nSPS) is 33.8. The maximum absolute atomic E-state index is 14.2. The minimum absolute atomic E-state index is 0.0108. The summed E-state index contributed by atoms with van der Waals surface area (Å²) < 4.78 is 24.0. The predicted molar refractivity (Wildman–Crippen MR) is 251 cm³/mol. The Hall–Kier alpha value is -4.82. The number of amides is 6. The summed E-state index contributed by atoms with van der Waals surface area (Å²) in [5.41, 5.74) is 0.314. The second kappa shape index (κ2) is 21.3. The average molecular weight is 1000 g/mol. The zero-order valence-electron chi connectivity index (χ0n) is 40.2. The fourth-order valence-electron chi connectivity index (χ4n) is 9.90. The Morgan fingerprint density at radius 2 is 1.70 bits per heavy atom. The first kappa shape index (κ1) is 52.0. The van der Waals surface area contributed by atoms with Crippen LogP contribution in [-0.4, -0.2) is 130 Å². The van der Waals surface area contributed by atoms with Gasteiger partial charge >= 0.3 is 18.0 Å². The van der Waals surface area contributed by atoms with Crippen molar-refractivity contribution in [2.75, 3.05) is 30.9 Å². The molecule has 0 radical (unpaired) electrons. The number of thioether (sulfide) groups is 1. The first-order valence-electron chi connectivity index (χ1n) is 23.7. The average Bonchev–Trinajstić information content (AvgIpc) is 3.81. The second-order valence-corrected chi connectivity index (χ2v) is 21.3. The number of rotatable bonds is 11. The van der Waals surface area contributed by atoms with Gasteiger partial charge in [0.15, 0.2) is 6.10 Å². The number of ether oxygens (including phenoxy) is 4. The van der Waals surface area contributed by atoms with E-state index in [1.165, 1.54) is 28.5 Å². The molecule has 6 aliphatic rings. The minimum Gasteiger partial charge on any atom is -0.457 e. The second-order valence-electron chi connectivity index (χ2n) is 19.6. The van der Waals surface area contributed by atoms with Crippen molar-refractivity contribution in [3.63, 3.8) is 0 Å². The number of aryl methyl sites for hydroxylation is 1. The Morgan fingerprint density at radius 3 is 2.39 bits per heavy atom. The number of esters is 1. The smallest absolute Gasteiger partial charge is 0.409 e. The number of imide groups is 2. The summed E-state index contributed by atoms with van der Waals surface area (Å²) in [6.07, 6.45) is 3.44. The molecule has 5 fully saturated rings. The van der Waals surface area contributed by atoms with Crippen LogP contribution in [0.4, 0.5) is 10.5 Å². The predicted octanol–water partition coefficient (Wildman–Crippen LogP) is 5.27. The first-order chi connectivity index (χ1) is 32.6. The Bertz CT molecular complexity index is 2290. The Balaban J connectivity index is 0.958. The summed E-state index contributed by atoms with van der Waals surface area (Å²) in [7, 11) is 1.61. The van der Waals surface area contributed by atoms with Gasteiger partial charge in [-0.25, -0.2) is 14.4 Å². The number of hydrogen-bond acceptors (Lipinski definition) is 15. The number of halogens is 1. The van der Waals surface area contributed by atoms with Crippen molar-refractivity contribution in [2.45, 2.75) is 147 Å². The van der Waals surface area contributed by atoms with Crippen molar-refractivity contribution in [1.82, 2.24) is 15.3 Å². The van der Waals surface area contributed by atoms with E-state index < -0.39 is 94.5 Å². The number of hydroxylamine groups is 2. The van der Waals surface area contributed by atoms with E-state index in [-0.39, 0.29) is 68.7 Å². The number of carbonyl (C=O) groups is 8.